The van der Waals surface area contributed by atoms with Crippen LogP contribution in [0.1, 0.15) is 188 Å². The van der Waals surface area contributed by atoms with Crippen LogP contribution in [-0.2, 0) is 28.6 Å². The molecular weight excluding hydrogens is 733 g/mol. The topological polar surface area (TPSA) is 78.9 Å². The minimum absolute atomic E-state index is 0.132. The Morgan fingerprint density at radius 2 is 0.780 bits per heavy atom. The van der Waals surface area contributed by atoms with Crippen molar-refractivity contribution in [2.75, 3.05) is 13.2 Å². The molecule has 0 amide bonds. The van der Waals surface area contributed by atoms with Gasteiger partial charge in [0.1, 0.15) is 13.2 Å². The Bertz CT molecular complexity index is 1260. The molecule has 0 aliphatic rings. The summed E-state index contributed by atoms with van der Waals surface area (Å²) in [6.07, 6.45) is 62.3. The molecule has 1 atom stereocenters. The second-order valence-corrected chi connectivity index (χ2v) is 15.1. The Hall–Kier alpha value is -3.93. The molecule has 59 heavy (non-hydrogen) atoms. The average molecular weight is 817 g/mol. The van der Waals surface area contributed by atoms with Gasteiger partial charge in [-0.25, -0.2) is 0 Å². The molecule has 332 valence electrons. The monoisotopic (exact) mass is 817 g/mol. The van der Waals surface area contributed by atoms with E-state index in [4.69, 9.17) is 14.2 Å². The van der Waals surface area contributed by atoms with Crippen LogP contribution in [0.25, 0.3) is 0 Å². The Morgan fingerprint density at radius 1 is 0.373 bits per heavy atom. The zero-order valence-electron chi connectivity index (χ0n) is 37.7. The third-order valence-electron chi connectivity index (χ3n) is 9.40. The number of rotatable bonds is 40. The van der Waals surface area contributed by atoms with Crippen molar-refractivity contribution in [3.05, 3.63) is 109 Å². The summed E-state index contributed by atoms with van der Waals surface area (Å²) >= 11 is 0. The van der Waals surface area contributed by atoms with Gasteiger partial charge in [-0.15, -0.1) is 0 Å². The fourth-order valence-corrected chi connectivity index (χ4v) is 5.87. The van der Waals surface area contributed by atoms with Gasteiger partial charge in [0.05, 0.1) is 0 Å². The van der Waals surface area contributed by atoms with E-state index in [2.05, 4.69) is 69.4 Å². The van der Waals surface area contributed by atoms with E-state index >= 15 is 0 Å². The second kappa shape index (κ2) is 46.8. The number of ether oxygens (including phenoxy) is 3. The van der Waals surface area contributed by atoms with E-state index in [0.717, 1.165) is 64.2 Å². The molecule has 0 rings (SSSR count). The predicted molar refractivity (Wildman–Crippen MR) is 251 cm³/mol. The molecule has 0 aromatic heterocycles. The van der Waals surface area contributed by atoms with Crippen LogP contribution in [-0.4, -0.2) is 37.2 Å². The summed E-state index contributed by atoms with van der Waals surface area (Å²) in [5.74, 6) is -1.10. The van der Waals surface area contributed by atoms with Crippen LogP contribution in [0.5, 0.6) is 0 Å². The van der Waals surface area contributed by atoms with Gasteiger partial charge in [0.2, 0.25) is 0 Å². The lowest BCUT2D eigenvalue weighted by Crippen LogP contribution is -2.30. The highest BCUT2D eigenvalue weighted by atomic mass is 16.6. The summed E-state index contributed by atoms with van der Waals surface area (Å²) in [4.78, 5) is 37.7. The van der Waals surface area contributed by atoms with Gasteiger partial charge in [-0.2, -0.15) is 0 Å². The molecule has 6 nitrogen and oxygen atoms in total. The summed E-state index contributed by atoms with van der Waals surface area (Å²) in [6, 6.07) is 0. The van der Waals surface area contributed by atoms with Gasteiger partial charge in [-0.1, -0.05) is 201 Å². The maximum atomic E-state index is 12.7. The van der Waals surface area contributed by atoms with E-state index in [1.165, 1.54) is 70.6 Å². The predicted octanol–water partition coefficient (Wildman–Crippen LogP) is 15.2. The molecule has 0 N–H and O–H groups in total. The number of carbonyl (C=O) groups is 3. The van der Waals surface area contributed by atoms with Gasteiger partial charge < -0.3 is 14.2 Å². The van der Waals surface area contributed by atoms with Crippen molar-refractivity contribution in [2.24, 2.45) is 0 Å². The molecule has 0 aromatic rings. The van der Waals surface area contributed by atoms with Gasteiger partial charge in [0.25, 0.3) is 0 Å². The zero-order valence-corrected chi connectivity index (χ0v) is 37.7. The van der Waals surface area contributed by atoms with Crippen molar-refractivity contribution in [2.45, 2.75) is 194 Å². The van der Waals surface area contributed by atoms with Gasteiger partial charge >= 0.3 is 17.9 Å². The standard InChI is InChI=1S/C53H84O6/c1-4-7-10-13-16-19-22-25-26-29-31-34-37-40-43-46-52(55)58-49-50(59-53(56)47-44-41-38-35-32-28-24-21-18-15-12-9-6-3)48-57-51(54)45-42-39-36-33-30-27-23-20-17-14-11-8-5-2/h9,12,15-16,18-19,21-22,24-25,27-28,30,32,35-36,38-39,50H,4-8,10-11,13-14,17,20,23,26,29,31,33-34,37,40-49H2,1-3H3/b12-9+,18-15+,19-16+,24-21+,25-22+,30-27+,32-28+,38-35+,39-36+. The molecule has 0 fully saturated rings. The molecule has 0 saturated heterocycles. The first-order chi connectivity index (χ1) is 29.0. The zero-order chi connectivity index (χ0) is 43.0. The second-order valence-electron chi connectivity index (χ2n) is 15.1. The van der Waals surface area contributed by atoms with Crippen LogP contribution in [0.2, 0.25) is 0 Å². The fourth-order valence-electron chi connectivity index (χ4n) is 5.87. The number of carbonyl (C=O) groups excluding carboxylic acids is 3. The Kier molecular flexibility index (Phi) is 43.6. The molecular formula is C53H84O6. The minimum Gasteiger partial charge on any atom is -0.462 e. The Morgan fingerprint density at radius 3 is 1.37 bits per heavy atom. The number of esters is 3. The summed E-state index contributed by atoms with van der Waals surface area (Å²) in [5.41, 5.74) is 0. The maximum Gasteiger partial charge on any atom is 0.306 e. The van der Waals surface area contributed by atoms with Gasteiger partial charge in [0.15, 0.2) is 6.10 Å². The van der Waals surface area contributed by atoms with Crippen molar-refractivity contribution in [3.63, 3.8) is 0 Å². The van der Waals surface area contributed by atoms with E-state index in [1.807, 2.05) is 60.8 Å². The third kappa shape index (κ3) is 45.0. The quantitative estimate of drug-likeness (QED) is 0.0201. The van der Waals surface area contributed by atoms with Crippen LogP contribution < -0.4 is 0 Å². The van der Waals surface area contributed by atoms with Crippen LogP contribution in [0.15, 0.2) is 109 Å². The molecule has 6 heteroatoms. The lowest BCUT2D eigenvalue weighted by atomic mass is 10.1. The van der Waals surface area contributed by atoms with Crippen LogP contribution in [0, 0.1) is 0 Å². The lowest BCUT2D eigenvalue weighted by Gasteiger charge is -2.18. The van der Waals surface area contributed by atoms with Crippen LogP contribution >= 0.6 is 0 Å². The van der Waals surface area contributed by atoms with Crippen molar-refractivity contribution < 1.29 is 28.6 Å². The van der Waals surface area contributed by atoms with E-state index in [-0.39, 0.29) is 38.0 Å². The molecule has 0 aliphatic carbocycles. The van der Waals surface area contributed by atoms with Crippen molar-refractivity contribution >= 4 is 17.9 Å². The van der Waals surface area contributed by atoms with Crippen molar-refractivity contribution in [1.29, 1.82) is 0 Å². The summed E-state index contributed by atoms with van der Waals surface area (Å²) < 4.78 is 16.6. The minimum atomic E-state index is -0.843. The van der Waals surface area contributed by atoms with E-state index in [9.17, 15) is 14.4 Å². The lowest BCUT2D eigenvalue weighted by molar-refractivity contribution is -0.166. The molecule has 0 saturated carbocycles. The average Bonchev–Trinajstić information content (AvgIpc) is 3.23. The SMILES string of the molecule is CC/C=C/C=C/C=C/C=C/C=C/CCCC(=O)OC(COC(=O)CC/C=C/C/C=C/CCCCCCCC)COC(=O)CCCCCCCC/C=C/C=C/CCCCC. The van der Waals surface area contributed by atoms with Crippen LogP contribution in [0.3, 0.4) is 0 Å². The van der Waals surface area contributed by atoms with E-state index in [1.54, 1.807) is 0 Å². The molecule has 0 radical (unpaired) electrons. The summed E-state index contributed by atoms with van der Waals surface area (Å²) in [6.45, 7) is 6.30. The fraction of sp³-hybridized carbons (Fsp3) is 0.604. The number of allylic oxidation sites excluding steroid dienone is 18. The maximum absolute atomic E-state index is 12.7. The third-order valence-corrected chi connectivity index (χ3v) is 9.40. The van der Waals surface area contributed by atoms with Gasteiger partial charge in [-0.3, -0.25) is 14.4 Å². The smallest absolute Gasteiger partial charge is 0.306 e. The number of unbranched alkanes of at least 4 members (excludes halogenated alkanes) is 16. The van der Waals surface area contributed by atoms with E-state index in [0.29, 0.717) is 19.3 Å². The highest BCUT2D eigenvalue weighted by molar-refractivity contribution is 5.71. The molecule has 0 aliphatic heterocycles. The first-order valence-corrected chi connectivity index (χ1v) is 23.5. The summed E-state index contributed by atoms with van der Waals surface area (Å²) in [5, 5.41) is 0. The highest BCUT2D eigenvalue weighted by Gasteiger charge is 2.19. The molecule has 0 spiro atoms. The van der Waals surface area contributed by atoms with E-state index < -0.39 is 12.1 Å². The molecule has 1 unspecified atom stereocenters. The Labute approximate surface area is 361 Å². The van der Waals surface area contributed by atoms with Gasteiger partial charge in [0, 0.05) is 19.3 Å². The molecule has 0 bridgehead atoms. The molecule has 0 aromatic carbocycles. The van der Waals surface area contributed by atoms with Gasteiger partial charge in [-0.05, 0) is 77.0 Å². The Balaban J connectivity index is 4.60. The first kappa shape index (κ1) is 55.1. The first-order valence-electron chi connectivity index (χ1n) is 23.5. The largest absolute Gasteiger partial charge is 0.462 e. The normalized spacial score (nSPS) is 13.1. The van der Waals surface area contributed by atoms with Crippen molar-refractivity contribution in [1.82, 2.24) is 0 Å². The number of hydrogen-bond donors (Lipinski definition) is 0. The highest BCUT2D eigenvalue weighted by Crippen LogP contribution is 2.11. The number of hydrogen-bond acceptors (Lipinski definition) is 6. The van der Waals surface area contributed by atoms with Crippen molar-refractivity contribution in [3.8, 4) is 0 Å². The van der Waals surface area contributed by atoms with Crippen LogP contribution in [0.4, 0.5) is 0 Å². The summed E-state index contributed by atoms with van der Waals surface area (Å²) in [7, 11) is 0. The molecule has 0 heterocycles.